The number of carbonyl (C=O) groups excluding carboxylic acids is 1. The van der Waals surface area contributed by atoms with Gasteiger partial charge in [-0.15, -0.1) is 0 Å². The van der Waals surface area contributed by atoms with Crippen LogP contribution in [0.2, 0.25) is 0 Å². The number of aliphatic hydroxyl groups excluding tert-OH is 1. The van der Waals surface area contributed by atoms with E-state index in [9.17, 15) is 9.90 Å². The molecule has 1 fully saturated rings. The van der Waals surface area contributed by atoms with Crippen molar-refractivity contribution in [3.8, 4) is 0 Å². The standard InChI is InChI=1S/C20H22N2O2/c1-14-10-11-20(24)21(14)12-15(23)13-22-18-8-4-2-6-16(18)17-7-3-5-9-19(17)22/h2-9,14-15,23H,10-13H2,1H3. The highest BCUT2D eigenvalue weighted by molar-refractivity contribution is 6.07. The summed E-state index contributed by atoms with van der Waals surface area (Å²) in [6.45, 7) is 2.95. The van der Waals surface area contributed by atoms with Crippen molar-refractivity contribution in [2.45, 2.75) is 38.5 Å². The number of aliphatic hydroxyl groups is 1. The zero-order valence-corrected chi connectivity index (χ0v) is 13.9. The van der Waals surface area contributed by atoms with Gasteiger partial charge in [-0.3, -0.25) is 4.79 Å². The molecule has 3 aromatic rings. The first-order chi connectivity index (χ1) is 11.6. The molecule has 124 valence electrons. The molecule has 4 heteroatoms. The number of benzene rings is 2. The lowest BCUT2D eigenvalue weighted by molar-refractivity contribution is -0.130. The van der Waals surface area contributed by atoms with Crippen molar-refractivity contribution in [1.29, 1.82) is 0 Å². The lowest BCUT2D eigenvalue weighted by atomic mass is 10.2. The highest BCUT2D eigenvalue weighted by Crippen LogP contribution is 2.29. The third kappa shape index (κ3) is 2.47. The van der Waals surface area contributed by atoms with E-state index in [1.165, 1.54) is 10.8 Å². The minimum Gasteiger partial charge on any atom is -0.389 e. The van der Waals surface area contributed by atoms with Crippen LogP contribution in [-0.4, -0.2) is 39.2 Å². The highest BCUT2D eigenvalue weighted by atomic mass is 16.3. The first kappa shape index (κ1) is 15.2. The normalized spacial score (nSPS) is 19.5. The molecule has 0 spiro atoms. The van der Waals surface area contributed by atoms with Gasteiger partial charge in [-0.2, -0.15) is 0 Å². The van der Waals surface area contributed by atoms with Crippen LogP contribution in [0.15, 0.2) is 48.5 Å². The molecule has 2 unspecified atom stereocenters. The average Bonchev–Trinajstić information content (AvgIpc) is 3.08. The molecular formula is C20H22N2O2. The Morgan fingerprint density at radius 3 is 2.17 bits per heavy atom. The number of hydrogen-bond acceptors (Lipinski definition) is 2. The molecule has 2 atom stereocenters. The van der Waals surface area contributed by atoms with Crippen LogP contribution < -0.4 is 0 Å². The van der Waals surface area contributed by atoms with Gasteiger partial charge in [0.1, 0.15) is 0 Å². The lowest BCUT2D eigenvalue weighted by Crippen LogP contribution is -2.39. The molecule has 1 amide bonds. The summed E-state index contributed by atoms with van der Waals surface area (Å²) in [5.74, 6) is 0.156. The molecule has 2 aromatic carbocycles. The molecule has 4 rings (SSSR count). The number of rotatable bonds is 4. The molecule has 1 aliphatic rings. The summed E-state index contributed by atoms with van der Waals surface area (Å²) in [5.41, 5.74) is 2.25. The molecular weight excluding hydrogens is 300 g/mol. The van der Waals surface area contributed by atoms with Crippen molar-refractivity contribution in [2.24, 2.45) is 0 Å². The van der Waals surface area contributed by atoms with Crippen molar-refractivity contribution in [1.82, 2.24) is 9.47 Å². The highest BCUT2D eigenvalue weighted by Gasteiger charge is 2.29. The average molecular weight is 322 g/mol. The number of aromatic nitrogens is 1. The van der Waals surface area contributed by atoms with Gasteiger partial charge in [0.15, 0.2) is 0 Å². The quantitative estimate of drug-likeness (QED) is 0.802. The fourth-order valence-corrected chi connectivity index (χ4v) is 3.85. The lowest BCUT2D eigenvalue weighted by Gasteiger charge is -2.25. The Hall–Kier alpha value is -2.33. The van der Waals surface area contributed by atoms with Gasteiger partial charge in [0.2, 0.25) is 5.91 Å². The van der Waals surface area contributed by atoms with Crippen molar-refractivity contribution in [2.75, 3.05) is 6.54 Å². The molecule has 4 nitrogen and oxygen atoms in total. The number of carbonyl (C=O) groups is 1. The maximum atomic E-state index is 12.0. The molecule has 24 heavy (non-hydrogen) atoms. The molecule has 1 saturated heterocycles. The monoisotopic (exact) mass is 322 g/mol. The van der Waals surface area contributed by atoms with Gasteiger partial charge in [0.05, 0.1) is 12.6 Å². The zero-order valence-electron chi connectivity index (χ0n) is 13.9. The molecule has 1 aromatic heterocycles. The second-order valence-electron chi connectivity index (χ2n) is 6.73. The summed E-state index contributed by atoms with van der Waals surface area (Å²) in [6, 6.07) is 16.8. The molecule has 0 radical (unpaired) electrons. The van der Waals surface area contributed by atoms with Gasteiger partial charge < -0.3 is 14.6 Å². The van der Waals surface area contributed by atoms with Crippen LogP contribution in [0.4, 0.5) is 0 Å². The Bertz CT molecular complexity index is 846. The minimum atomic E-state index is -0.575. The SMILES string of the molecule is CC1CCC(=O)N1CC(O)Cn1c2ccccc2c2ccccc21. The predicted octanol–water partition coefficient (Wildman–Crippen LogP) is 3.17. The second-order valence-corrected chi connectivity index (χ2v) is 6.73. The molecule has 1 N–H and O–H groups in total. The molecule has 2 heterocycles. The van der Waals surface area contributed by atoms with Crippen LogP contribution in [0.1, 0.15) is 19.8 Å². The summed E-state index contributed by atoms with van der Waals surface area (Å²) in [6.07, 6.45) is 0.915. The third-order valence-electron chi connectivity index (χ3n) is 5.11. The summed E-state index contributed by atoms with van der Waals surface area (Å²) >= 11 is 0. The first-order valence-electron chi connectivity index (χ1n) is 8.58. The number of likely N-dealkylation sites (tertiary alicyclic amines) is 1. The number of nitrogens with zero attached hydrogens (tertiary/aromatic N) is 2. The maximum absolute atomic E-state index is 12.0. The van der Waals surface area contributed by atoms with Gasteiger partial charge in [-0.1, -0.05) is 36.4 Å². The van der Waals surface area contributed by atoms with E-state index in [0.29, 0.717) is 19.5 Å². The number of fused-ring (bicyclic) bond motifs is 3. The summed E-state index contributed by atoms with van der Waals surface area (Å²) in [4.78, 5) is 13.8. The van der Waals surface area contributed by atoms with E-state index in [-0.39, 0.29) is 11.9 Å². The van der Waals surface area contributed by atoms with E-state index in [1.54, 1.807) is 0 Å². The van der Waals surface area contributed by atoms with Crippen molar-refractivity contribution in [3.05, 3.63) is 48.5 Å². The van der Waals surface area contributed by atoms with E-state index >= 15 is 0 Å². The van der Waals surface area contributed by atoms with Crippen LogP contribution in [0, 0.1) is 0 Å². The van der Waals surface area contributed by atoms with Gasteiger partial charge in [-0.25, -0.2) is 0 Å². The van der Waals surface area contributed by atoms with E-state index in [1.807, 2.05) is 29.2 Å². The largest absolute Gasteiger partial charge is 0.389 e. The number of amides is 1. The molecule has 0 aliphatic carbocycles. The first-order valence-corrected chi connectivity index (χ1v) is 8.58. The molecule has 0 saturated carbocycles. The second kappa shape index (κ2) is 5.95. The number of para-hydroxylation sites is 2. The summed E-state index contributed by atoms with van der Waals surface area (Å²) in [7, 11) is 0. The van der Waals surface area contributed by atoms with Crippen LogP contribution in [-0.2, 0) is 11.3 Å². The van der Waals surface area contributed by atoms with E-state index in [0.717, 1.165) is 17.5 Å². The Kier molecular flexibility index (Phi) is 3.77. The van der Waals surface area contributed by atoms with E-state index in [4.69, 9.17) is 0 Å². The Balaban J connectivity index is 1.67. The smallest absolute Gasteiger partial charge is 0.222 e. The van der Waals surface area contributed by atoms with Crippen LogP contribution in [0.5, 0.6) is 0 Å². The van der Waals surface area contributed by atoms with E-state index < -0.39 is 6.10 Å². The maximum Gasteiger partial charge on any atom is 0.222 e. The Morgan fingerprint density at radius 1 is 1.04 bits per heavy atom. The molecule has 1 aliphatic heterocycles. The minimum absolute atomic E-state index is 0.156. The third-order valence-corrected chi connectivity index (χ3v) is 5.11. The van der Waals surface area contributed by atoms with Crippen molar-refractivity contribution < 1.29 is 9.90 Å². The van der Waals surface area contributed by atoms with Crippen LogP contribution >= 0.6 is 0 Å². The number of β-amino-alcohol motifs (C(OH)–C–C–N with tert-alkyl or cyclic N) is 1. The van der Waals surface area contributed by atoms with Gasteiger partial charge in [0, 0.05) is 40.8 Å². The van der Waals surface area contributed by atoms with Gasteiger partial charge in [-0.05, 0) is 25.5 Å². The fourth-order valence-electron chi connectivity index (χ4n) is 3.85. The van der Waals surface area contributed by atoms with Gasteiger partial charge in [0.25, 0.3) is 0 Å². The van der Waals surface area contributed by atoms with Crippen LogP contribution in [0.25, 0.3) is 21.8 Å². The fraction of sp³-hybridized carbons (Fsp3) is 0.350. The summed E-state index contributed by atoms with van der Waals surface area (Å²) in [5, 5.41) is 13.0. The van der Waals surface area contributed by atoms with Gasteiger partial charge >= 0.3 is 0 Å². The van der Waals surface area contributed by atoms with Crippen LogP contribution in [0.3, 0.4) is 0 Å². The summed E-state index contributed by atoms with van der Waals surface area (Å²) < 4.78 is 2.17. The predicted molar refractivity (Wildman–Crippen MR) is 95.9 cm³/mol. The van der Waals surface area contributed by atoms with Crippen molar-refractivity contribution in [3.63, 3.8) is 0 Å². The Morgan fingerprint density at radius 2 is 1.62 bits per heavy atom. The molecule has 0 bridgehead atoms. The van der Waals surface area contributed by atoms with E-state index in [2.05, 4.69) is 35.8 Å². The number of hydrogen-bond donors (Lipinski definition) is 1. The van der Waals surface area contributed by atoms with Crippen molar-refractivity contribution >= 4 is 27.7 Å². The Labute approximate surface area is 141 Å². The topological polar surface area (TPSA) is 45.5 Å². The zero-order chi connectivity index (χ0) is 16.7.